The highest BCUT2D eigenvalue weighted by molar-refractivity contribution is 5.99. The normalized spacial score (nSPS) is 14.0. The molecule has 1 atom stereocenters. The lowest BCUT2D eigenvalue weighted by Crippen LogP contribution is -2.34. The maximum Gasteiger partial charge on any atom is 0.417 e. The fourth-order valence-electron chi connectivity index (χ4n) is 4.61. The molecule has 0 bridgehead atoms. The zero-order chi connectivity index (χ0) is 25.4. The summed E-state index contributed by atoms with van der Waals surface area (Å²) < 4.78 is 39.0. The fourth-order valence-corrected chi connectivity index (χ4v) is 4.61. The van der Waals surface area contributed by atoms with Crippen LogP contribution >= 0.6 is 0 Å². The molecule has 0 spiro atoms. The lowest BCUT2D eigenvalue weighted by Gasteiger charge is -2.28. The molecule has 5 rings (SSSR count). The summed E-state index contributed by atoms with van der Waals surface area (Å²) in [6.07, 6.45) is 2.14. The molecule has 1 amide bonds. The summed E-state index contributed by atoms with van der Waals surface area (Å²) in [6, 6.07) is 8.63. The van der Waals surface area contributed by atoms with Crippen LogP contribution < -0.4 is 5.73 Å². The summed E-state index contributed by atoms with van der Waals surface area (Å²) in [5.74, 6) is 0.620. The van der Waals surface area contributed by atoms with Crippen LogP contribution in [0.25, 0.3) is 10.9 Å². The van der Waals surface area contributed by atoms with Gasteiger partial charge < -0.3 is 10.6 Å². The minimum Gasteiger partial charge on any atom is -0.383 e. The van der Waals surface area contributed by atoms with Crippen LogP contribution in [-0.2, 0) is 25.6 Å². The monoisotopic (exact) mass is 492 g/mol. The number of benzene rings is 1. The molecule has 0 aliphatic heterocycles. The summed E-state index contributed by atoms with van der Waals surface area (Å²) in [5.41, 5.74) is 8.90. The van der Waals surface area contributed by atoms with E-state index in [0.29, 0.717) is 22.9 Å². The van der Waals surface area contributed by atoms with Gasteiger partial charge in [0.2, 0.25) is 0 Å². The van der Waals surface area contributed by atoms with Gasteiger partial charge in [-0.15, -0.1) is 0 Å². The number of aromatic nitrogens is 4. The average molecular weight is 493 g/mol. The molecule has 0 fully saturated rings. The molecule has 10 heteroatoms. The van der Waals surface area contributed by atoms with Crippen LogP contribution in [0.3, 0.4) is 0 Å². The number of hydrogen-bond donors (Lipinski definition) is 1. The minimum absolute atomic E-state index is 0.0213. The summed E-state index contributed by atoms with van der Waals surface area (Å²) >= 11 is 0. The Morgan fingerprint density at radius 1 is 1.08 bits per heavy atom. The Bertz CT molecular complexity index is 1420. The number of anilines is 1. The van der Waals surface area contributed by atoms with Crippen molar-refractivity contribution in [2.75, 3.05) is 5.73 Å². The molecule has 1 aromatic carbocycles. The Morgan fingerprint density at radius 3 is 2.53 bits per heavy atom. The van der Waals surface area contributed by atoms with Crippen molar-refractivity contribution >= 4 is 22.6 Å². The molecular weight excluding hydrogens is 469 g/mol. The molecule has 4 aromatic rings. The topological polar surface area (TPSA) is 97.9 Å². The number of hydrogen-bond acceptors (Lipinski definition) is 6. The van der Waals surface area contributed by atoms with Crippen LogP contribution in [-0.4, -0.2) is 30.7 Å². The molecule has 2 N–H and O–H groups in total. The molecular formula is C26H23F3N6O. The quantitative estimate of drug-likeness (QED) is 0.425. The van der Waals surface area contributed by atoms with E-state index in [1.165, 1.54) is 11.0 Å². The number of halogens is 3. The summed E-state index contributed by atoms with van der Waals surface area (Å²) in [6.45, 7) is 1.75. The van der Waals surface area contributed by atoms with Gasteiger partial charge in [0.15, 0.2) is 0 Å². The van der Waals surface area contributed by atoms with E-state index in [2.05, 4.69) is 19.9 Å². The van der Waals surface area contributed by atoms with Gasteiger partial charge in [0.1, 0.15) is 11.6 Å². The Balaban J connectivity index is 1.53. The van der Waals surface area contributed by atoms with E-state index < -0.39 is 17.8 Å². The number of rotatable bonds is 5. The third-order valence-electron chi connectivity index (χ3n) is 6.51. The molecule has 3 aromatic heterocycles. The first-order valence-corrected chi connectivity index (χ1v) is 11.5. The number of alkyl halides is 3. The molecule has 0 saturated heterocycles. The van der Waals surface area contributed by atoms with E-state index in [1.54, 1.807) is 37.5 Å². The van der Waals surface area contributed by atoms with E-state index in [9.17, 15) is 18.0 Å². The molecule has 0 unspecified atom stereocenters. The largest absolute Gasteiger partial charge is 0.417 e. The van der Waals surface area contributed by atoms with Crippen molar-refractivity contribution in [3.05, 3.63) is 88.8 Å². The van der Waals surface area contributed by atoms with E-state index in [1.807, 2.05) is 6.07 Å². The smallest absolute Gasteiger partial charge is 0.383 e. The van der Waals surface area contributed by atoms with Crippen molar-refractivity contribution in [1.29, 1.82) is 0 Å². The SMILES string of the molecule is C[C@H](c1ncccn1)N(Cc1ccc(C(F)(F)F)cn1)C(=O)c1ccc2nc(N)c3c(c2c1)CCC3. The van der Waals surface area contributed by atoms with Crippen LogP contribution in [0.15, 0.2) is 55.0 Å². The molecule has 0 saturated carbocycles. The molecule has 1 aliphatic rings. The zero-order valence-corrected chi connectivity index (χ0v) is 19.5. The standard InChI is InChI=1S/C26H23F3N6O/c1-15(24-31-10-3-11-32-24)35(14-18-8-7-17(13-33-18)26(27,28)29)25(36)16-6-9-22-21(12-16)19-4-2-5-20(19)23(30)34-22/h3,6-13,15H,2,4-5,14H2,1H3,(H2,30,34)/t15-/m1/s1. The second-order valence-electron chi connectivity index (χ2n) is 8.79. The summed E-state index contributed by atoms with van der Waals surface area (Å²) in [7, 11) is 0. The van der Waals surface area contributed by atoms with Gasteiger partial charge in [0.05, 0.1) is 29.4 Å². The van der Waals surface area contributed by atoms with Gasteiger partial charge in [-0.3, -0.25) is 9.78 Å². The second kappa shape index (κ2) is 9.18. The van der Waals surface area contributed by atoms with Crippen molar-refractivity contribution < 1.29 is 18.0 Å². The number of pyridine rings is 2. The number of nitrogens with two attached hydrogens (primary N) is 1. The van der Waals surface area contributed by atoms with Gasteiger partial charge in [0.25, 0.3) is 5.91 Å². The molecule has 184 valence electrons. The summed E-state index contributed by atoms with van der Waals surface area (Å²) in [4.78, 5) is 32.3. The van der Waals surface area contributed by atoms with Gasteiger partial charge in [-0.25, -0.2) is 15.0 Å². The Morgan fingerprint density at radius 2 is 1.83 bits per heavy atom. The average Bonchev–Trinajstić information content (AvgIpc) is 3.38. The fraction of sp³-hybridized carbons (Fsp3) is 0.269. The van der Waals surface area contributed by atoms with Gasteiger partial charge in [-0.2, -0.15) is 13.2 Å². The highest BCUT2D eigenvalue weighted by atomic mass is 19.4. The Labute approximate surface area is 205 Å². The van der Waals surface area contributed by atoms with Crippen molar-refractivity contribution in [3.8, 4) is 0 Å². The second-order valence-corrected chi connectivity index (χ2v) is 8.79. The van der Waals surface area contributed by atoms with Crippen LogP contribution in [0.2, 0.25) is 0 Å². The van der Waals surface area contributed by atoms with Gasteiger partial charge in [0, 0.05) is 29.5 Å². The maximum absolute atomic E-state index is 13.8. The van der Waals surface area contributed by atoms with E-state index >= 15 is 0 Å². The Hall–Kier alpha value is -4.08. The van der Waals surface area contributed by atoms with Crippen LogP contribution in [0, 0.1) is 0 Å². The van der Waals surface area contributed by atoms with Gasteiger partial charge in [-0.1, -0.05) is 0 Å². The van der Waals surface area contributed by atoms with E-state index in [4.69, 9.17) is 5.73 Å². The van der Waals surface area contributed by atoms with Crippen LogP contribution in [0.1, 0.15) is 58.0 Å². The van der Waals surface area contributed by atoms with E-state index in [-0.39, 0.29) is 12.5 Å². The number of carbonyl (C=O) groups excluding carboxylic acids is 1. The first-order chi connectivity index (χ1) is 17.2. The number of fused-ring (bicyclic) bond motifs is 3. The van der Waals surface area contributed by atoms with Crippen molar-refractivity contribution in [2.45, 2.75) is 44.9 Å². The zero-order valence-electron chi connectivity index (χ0n) is 19.5. The van der Waals surface area contributed by atoms with Gasteiger partial charge >= 0.3 is 6.18 Å². The van der Waals surface area contributed by atoms with Crippen molar-refractivity contribution in [1.82, 2.24) is 24.8 Å². The number of aryl methyl sites for hydroxylation is 1. The minimum atomic E-state index is -4.49. The van der Waals surface area contributed by atoms with Crippen LogP contribution in [0.4, 0.5) is 19.0 Å². The number of amides is 1. The molecule has 36 heavy (non-hydrogen) atoms. The molecule has 1 aliphatic carbocycles. The van der Waals surface area contributed by atoms with E-state index in [0.717, 1.165) is 53.6 Å². The highest BCUT2D eigenvalue weighted by Crippen LogP contribution is 2.34. The predicted octanol–water partition coefficient (Wildman–Crippen LogP) is 4.91. The summed E-state index contributed by atoms with van der Waals surface area (Å²) in [5, 5.41) is 0.888. The molecule has 3 heterocycles. The maximum atomic E-state index is 13.8. The highest BCUT2D eigenvalue weighted by Gasteiger charge is 2.31. The first-order valence-electron chi connectivity index (χ1n) is 11.5. The molecule has 7 nitrogen and oxygen atoms in total. The third-order valence-corrected chi connectivity index (χ3v) is 6.51. The number of nitrogen functional groups attached to an aromatic ring is 1. The first kappa shape index (κ1) is 23.7. The lowest BCUT2D eigenvalue weighted by atomic mass is 10.0. The van der Waals surface area contributed by atoms with Crippen molar-refractivity contribution in [3.63, 3.8) is 0 Å². The number of nitrogens with zero attached hydrogens (tertiary/aromatic N) is 5. The van der Waals surface area contributed by atoms with Crippen LogP contribution in [0.5, 0.6) is 0 Å². The van der Waals surface area contributed by atoms with Gasteiger partial charge in [-0.05, 0) is 73.7 Å². The lowest BCUT2D eigenvalue weighted by molar-refractivity contribution is -0.137. The third kappa shape index (κ3) is 4.46. The van der Waals surface area contributed by atoms with Crippen molar-refractivity contribution in [2.24, 2.45) is 0 Å². The predicted molar refractivity (Wildman–Crippen MR) is 128 cm³/mol. The Kier molecular flexibility index (Phi) is 6.03. The molecule has 0 radical (unpaired) electrons. The number of carbonyl (C=O) groups is 1.